The van der Waals surface area contributed by atoms with Gasteiger partial charge >= 0.3 is 0 Å². The van der Waals surface area contributed by atoms with Crippen LogP contribution in [-0.4, -0.2) is 0 Å². The van der Waals surface area contributed by atoms with E-state index in [1.165, 1.54) is 11.1 Å². The van der Waals surface area contributed by atoms with E-state index < -0.39 is 29.1 Å². The molecule has 0 unspecified atom stereocenters. The first-order valence-corrected chi connectivity index (χ1v) is 7.27. The fourth-order valence-electron chi connectivity index (χ4n) is 1.56. The van der Waals surface area contributed by atoms with E-state index in [-0.39, 0.29) is 16.5 Å². The molecule has 3 rings (SSSR count). The van der Waals surface area contributed by atoms with Crippen LogP contribution in [-0.2, 0) is 16.5 Å². The molecule has 0 amide bonds. The number of halogens is 5. The van der Waals surface area contributed by atoms with Crippen LogP contribution in [0.2, 0.25) is 0 Å². The van der Waals surface area contributed by atoms with Crippen LogP contribution < -0.4 is 0 Å². The van der Waals surface area contributed by atoms with E-state index in [2.05, 4.69) is 38.1 Å². The second-order valence-corrected chi connectivity index (χ2v) is 5.00. The Morgan fingerprint density at radius 2 is 0.846 bits per heavy atom. The molecule has 3 aromatic carbocycles. The fourth-order valence-corrected chi connectivity index (χ4v) is 1.56. The average molecular weight is 410 g/mol. The van der Waals surface area contributed by atoms with Crippen LogP contribution in [0, 0.1) is 49.0 Å². The summed E-state index contributed by atoms with van der Waals surface area (Å²) in [6, 6.07) is 21.5. The van der Waals surface area contributed by atoms with Gasteiger partial charge in [-0.05, 0) is 13.8 Å². The maximum absolute atomic E-state index is 12.0. The van der Waals surface area contributed by atoms with E-state index in [0.29, 0.717) is 0 Å². The normalized spacial score (nSPS) is 9.04. The molecular weight excluding hydrogens is 394 g/mol. The Morgan fingerprint density at radius 1 is 0.538 bits per heavy atom. The van der Waals surface area contributed by atoms with Crippen molar-refractivity contribution in [3.8, 4) is 0 Å². The molecule has 0 N–H and O–H groups in total. The third-order valence-electron chi connectivity index (χ3n) is 2.87. The molecule has 0 radical (unpaired) electrons. The van der Waals surface area contributed by atoms with Gasteiger partial charge in [0.05, 0.1) is 29.1 Å². The van der Waals surface area contributed by atoms with Crippen LogP contribution >= 0.6 is 0 Å². The van der Waals surface area contributed by atoms with E-state index in [4.69, 9.17) is 0 Å². The molecule has 0 saturated heterocycles. The Labute approximate surface area is 159 Å². The van der Waals surface area contributed by atoms with Crippen molar-refractivity contribution in [3.63, 3.8) is 0 Å². The third-order valence-corrected chi connectivity index (χ3v) is 2.87. The van der Waals surface area contributed by atoms with Crippen LogP contribution in [0.4, 0.5) is 22.0 Å². The quantitative estimate of drug-likeness (QED) is 0.137. The first kappa shape index (κ1) is 23.8. The zero-order valence-corrected chi connectivity index (χ0v) is 15.0. The minimum atomic E-state index is -2.17. The molecular formula is C20H16F5Ni-. The topological polar surface area (TPSA) is 0 Å². The summed E-state index contributed by atoms with van der Waals surface area (Å²) in [4.78, 5) is 0. The van der Waals surface area contributed by atoms with Crippen molar-refractivity contribution in [2.45, 2.75) is 13.8 Å². The van der Waals surface area contributed by atoms with Crippen molar-refractivity contribution in [2.24, 2.45) is 0 Å². The van der Waals surface area contributed by atoms with Crippen LogP contribution in [0.5, 0.6) is 0 Å². The van der Waals surface area contributed by atoms with Gasteiger partial charge in [0.25, 0.3) is 0 Å². The van der Waals surface area contributed by atoms with Crippen molar-refractivity contribution >= 4 is 0 Å². The molecule has 0 spiro atoms. The van der Waals surface area contributed by atoms with Gasteiger partial charge in [0, 0.05) is 16.5 Å². The number of hydrogen-bond donors (Lipinski definition) is 0. The molecule has 26 heavy (non-hydrogen) atoms. The molecule has 0 saturated carbocycles. The molecule has 0 aromatic heterocycles. The molecule has 0 aliphatic rings. The van der Waals surface area contributed by atoms with E-state index in [1.807, 2.05) is 36.4 Å². The molecule has 0 atom stereocenters. The van der Waals surface area contributed by atoms with Crippen molar-refractivity contribution in [1.29, 1.82) is 0 Å². The van der Waals surface area contributed by atoms with E-state index in [1.54, 1.807) is 0 Å². The summed E-state index contributed by atoms with van der Waals surface area (Å²) in [6.07, 6.45) is 0. The van der Waals surface area contributed by atoms with E-state index in [9.17, 15) is 22.0 Å². The van der Waals surface area contributed by atoms with Crippen LogP contribution in [0.15, 0.2) is 60.7 Å². The van der Waals surface area contributed by atoms with Gasteiger partial charge in [-0.3, -0.25) is 8.78 Å². The van der Waals surface area contributed by atoms with Gasteiger partial charge in [-0.1, -0.05) is 71.8 Å². The number of rotatable bonds is 0. The van der Waals surface area contributed by atoms with Gasteiger partial charge in [0.1, 0.15) is 0 Å². The SMILES string of the molecule is Cc1ccccc1.Cc1ccccc1.Fc1[c-]c(F)c(F)c(F)c1F.[Ni]. The first-order chi connectivity index (χ1) is 11.8. The maximum atomic E-state index is 12.0. The Morgan fingerprint density at radius 3 is 1.08 bits per heavy atom. The molecule has 0 aliphatic heterocycles. The largest absolute Gasteiger partial charge is 0.278 e. The van der Waals surface area contributed by atoms with Crippen molar-refractivity contribution < 1.29 is 38.4 Å². The van der Waals surface area contributed by atoms with Gasteiger partial charge < -0.3 is 0 Å². The Balaban J connectivity index is 0.000000368. The van der Waals surface area contributed by atoms with Gasteiger partial charge in [-0.2, -0.15) is 0 Å². The molecule has 6 heteroatoms. The predicted molar refractivity (Wildman–Crippen MR) is 87.4 cm³/mol. The zero-order chi connectivity index (χ0) is 18.8. The summed E-state index contributed by atoms with van der Waals surface area (Å²) in [7, 11) is 0. The van der Waals surface area contributed by atoms with E-state index in [0.717, 1.165) is 6.07 Å². The Kier molecular flexibility index (Phi) is 11.2. The molecule has 0 fully saturated rings. The number of hydrogen-bond acceptors (Lipinski definition) is 0. The Bertz CT molecular complexity index is 713. The molecule has 3 aromatic rings. The number of aryl methyl sites for hydroxylation is 2. The fraction of sp³-hybridized carbons (Fsp3) is 0.100. The maximum Gasteiger partial charge on any atom is 0.0893 e. The standard InChI is InChI=1S/2C7H8.C6F5.Ni/c2*1-7-5-3-2-4-6-7;7-2-1-3(8)5(10)6(11)4(2)9;/h2*2-6H,1H3;;/q;;-1;. The van der Waals surface area contributed by atoms with Gasteiger partial charge in [0.2, 0.25) is 0 Å². The van der Waals surface area contributed by atoms with Crippen molar-refractivity contribution in [3.05, 3.63) is 107 Å². The molecule has 0 nitrogen and oxygen atoms in total. The summed E-state index contributed by atoms with van der Waals surface area (Å²) in [5.74, 6) is -10.0. The van der Waals surface area contributed by atoms with Gasteiger partial charge in [0.15, 0.2) is 0 Å². The smallest absolute Gasteiger partial charge is 0.0893 e. The van der Waals surface area contributed by atoms with Crippen molar-refractivity contribution in [1.82, 2.24) is 0 Å². The molecule has 0 bridgehead atoms. The van der Waals surface area contributed by atoms with Crippen LogP contribution in [0.3, 0.4) is 0 Å². The molecule has 0 heterocycles. The minimum absolute atomic E-state index is 0. The number of benzene rings is 3. The summed E-state index contributed by atoms with van der Waals surface area (Å²) < 4.78 is 59.9. The molecule has 0 aliphatic carbocycles. The second kappa shape index (κ2) is 12.2. The first-order valence-electron chi connectivity index (χ1n) is 7.27. The van der Waals surface area contributed by atoms with E-state index >= 15 is 0 Å². The minimum Gasteiger partial charge on any atom is -0.278 e. The predicted octanol–water partition coefficient (Wildman–Crippen LogP) is 6.17. The third kappa shape index (κ3) is 8.26. The van der Waals surface area contributed by atoms with Gasteiger partial charge in [-0.15, -0.1) is 6.07 Å². The molecule has 142 valence electrons. The summed E-state index contributed by atoms with van der Waals surface area (Å²) in [5.41, 5.74) is 2.64. The monoisotopic (exact) mass is 409 g/mol. The average Bonchev–Trinajstić information content (AvgIpc) is 2.61. The van der Waals surface area contributed by atoms with Crippen LogP contribution in [0.1, 0.15) is 11.1 Å². The summed E-state index contributed by atoms with van der Waals surface area (Å²) in [5, 5.41) is 0. The summed E-state index contributed by atoms with van der Waals surface area (Å²) >= 11 is 0. The van der Waals surface area contributed by atoms with Crippen LogP contribution in [0.25, 0.3) is 0 Å². The zero-order valence-electron chi connectivity index (χ0n) is 14.0. The van der Waals surface area contributed by atoms with Crippen molar-refractivity contribution in [2.75, 3.05) is 0 Å². The summed E-state index contributed by atoms with van der Waals surface area (Å²) in [6.45, 7) is 4.17. The Hall–Kier alpha value is -2.20. The second-order valence-electron chi connectivity index (χ2n) is 5.00. The van der Waals surface area contributed by atoms with Gasteiger partial charge in [-0.25, -0.2) is 13.2 Å².